The molecule has 0 aromatic carbocycles. The van der Waals surface area contributed by atoms with Gasteiger partial charge < -0.3 is 8.92 Å². The van der Waals surface area contributed by atoms with Gasteiger partial charge in [-0.15, -0.1) is 0 Å². The number of carbonyl (C=O) groups is 1. The van der Waals surface area contributed by atoms with Crippen molar-refractivity contribution in [1.29, 1.82) is 0 Å². The Morgan fingerprint density at radius 2 is 2.03 bits per heavy atom. The first-order valence-corrected chi connectivity index (χ1v) is 10.4. The van der Waals surface area contributed by atoms with Gasteiger partial charge in [0.2, 0.25) is 5.82 Å². The predicted octanol–water partition coefficient (Wildman–Crippen LogP) is 2.76. The number of amides is 1. The van der Waals surface area contributed by atoms with Crippen molar-refractivity contribution in [2.24, 2.45) is 4.36 Å². The fourth-order valence-electron chi connectivity index (χ4n) is 2.42. The van der Waals surface area contributed by atoms with Crippen LogP contribution in [0.4, 0.5) is 8.78 Å². The van der Waals surface area contributed by atoms with Crippen molar-refractivity contribution in [2.75, 3.05) is 6.26 Å². The molecule has 14 heteroatoms. The number of alkyl halides is 3. The molecule has 30 heavy (non-hydrogen) atoms. The van der Waals surface area contributed by atoms with E-state index in [0.717, 1.165) is 0 Å². The molecule has 10 nitrogen and oxygen atoms in total. The molecule has 154 valence electrons. The Hall–Kier alpha value is -3.32. The van der Waals surface area contributed by atoms with Crippen LogP contribution in [-0.2, 0) is 15.1 Å². The lowest BCUT2D eigenvalue weighted by molar-refractivity contribution is 0.0551. The number of rotatable bonds is 4. The van der Waals surface area contributed by atoms with E-state index in [2.05, 4.69) is 34.0 Å². The lowest BCUT2D eigenvalue weighted by Gasteiger charge is -2.00. The summed E-state index contributed by atoms with van der Waals surface area (Å²) in [5.74, 6) is -1.98. The van der Waals surface area contributed by atoms with Gasteiger partial charge in [-0.2, -0.15) is 18.1 Å². The molecule has 4 rings (SSSR count). The van der Waals surface area contributed by atoms with Gasteiger partial charge in [0.1, 0.15) is 17.7 Å². The largest absolute Gasteiger partial charge is 0.400 e. The van der Waals surface area contributed by atoms with Crippen molar-refractivity contribution in [2.45, 2.75) is 10.3 Å². The van der Waals surface area contributed by atoms with E-state index < -0.39 is 26.9 Å². The SMILES string of the molecule is CS(=O)(=NC(=O)c1cn2ccc(-c3noc(C(F)(F)Cl)n3)cc2n1)c1cncnc1. The second-order valence-corrected chi connectivity index (χ2v) is 8.73. The van der Waals surface area contributed by atoms with Crippen molar-refractivity contribution in [3.63, 3.8) is 0 Å². The molecule has 0 aliphatic rings. The maximum absolute atomic E-state index is 13.1. The summed E-state index contributed by atoms with van der Waals surface area (Å²) in [6, 6.07) is 2.96. The number of aromatic nitrogens is 6. The van der Waals surface area contributed by atoms with Gasteiger partial charge in [0.05, 0.1) is 14.6 Å². The van der Waals surface area contributed by atoms with Crippen LogP contribution in [-0.4, -0.2) is 45.9 Å². The Labute approximate surface area is 172 Å². The van der Waals surface area contributed by atoms with Crippen molar-refractivity contribution < 1.29 is 22.3 Å². The molecule has 0 saturated carbocycles. The van der Waals surface area contributed by atoms with Crippen molar-refractivity contribution in [1.82, 2.24) is 29.5 Å². The van der Waals surface area contributed by atoms with Gasteiger partial charge in [-0.05, 0) is 23.7 Å². The Bertz CT molecular complexity index is 1370. The van der Waals surface area contributed by atoms with Crippen LogP contribution < -0.4 is 0 Å². The van der Waals surface area contributed by atoms with Gasteiger partial charge in [-0.1, -0.05) is 5.16 Å². The topological polar surface area (TPSA) is 128 Å². The summed E-state index contributed by atoms with van der Waals surface area (Å²) >= 11 is 4.86. The van der Waals surface area contributed by atoms with Crippen LogP contribution in [0.25, 0.3) is 17.0 Å². The Balaban J connectivity index is 1.67. The van der Waals surface area contributed by atoms with E-state index in [1.165, 1.54) is 53.9 Å². The minimum atomic E-state index is -3.79. The van der Waals surface area contributed by atoms with Crippen LogP contribution in [0.1, 0.15) is 16.4 Å². The third-order valence-electron chi connectivity index (χ3n) is 3.84. The second-order valence-electron chi connectivity index (χ2n) is 6.00. The maximum Gasteiger partial charge on any atom is 0.400 e. The zero-order chi connectivity index (χ0) is 21.5. The predicted molar refractivity (Wildman–Crippen MR) is 99.4 cm³/mol. The molecule has 0 aliphatic heterocycles. The van der Waals surface area contributed by atoms with Crippen LogP contribution in [0.15, 0.2) is 57.0 Å². The number of hydrogen-bond donors (Lipinski definition) is 0. The van der Waals surface area contributed by atoms with E-state index in [9.17, 15) is 17.8 Å². The molecule has 0 bridgehead atoms. The van der Waals surface area contributed by atoms with E-state index in [1.54, 1.807) is 0 Å². The molecule has 4 aromatic heterocycles. The summed E-state index contributed by atoms with van der Waals surface area (Å²) in [6.45, 7) is 0. The summed E-state index contributed by atoms with van der Waals surface area (Å²) in [4.78, 5) is 27.9. The number of imidazole rings is 1. The first kappa shape index (κ1) is 20.0. The zero-order valence-corrected chi connectivity index (χ0v) is 16.5. The van der Waals surface area contributed by atoms with E-state index >= 15 is 0 Å². The minimum Gasteiger partial charge on any atom is -0.331 e. The van der Waals surface area contributed by atoms with Crippen LogP contribution in [0.5, 0.6) is 0 Å². The van der Waals surface area contributed by atoms with E-state index in [-0.39, 0.29) is 22.1 Å². The highest BCUT2D eigenvalue weighted by Crippen LogP contribution is 2.32. The average Bonchev–Trinajstić information content (AvgIpc) is 3.35. The molecular weight excluding hydrogens is 444 g/mol. The number of fused-ring (bicyclic) bond motifs is 1. The van der Waals surface area contributed by atoms with E-state index in [0.29, 0.717) is 5.56 Å². The number of nitrogens with zero attached hydrogens (tertiary/aromatic N) is 7. The van der Waals surface area contributed by atoms with Gasteiger partial charge in [0.15, 0.2) is 0 Å². The van der Waals surface area contributed by atoms with E-state index in [4.69, 9.17) is 11.6 Å². The number of halogens is 3. The van der Waals surface area contributed by atoms with Gasteiger partial charge in [-0.3, -0.25) is 4.79 Å². The first-order valence-electron chi connectivity index (χ1n) is 8.05. The molecule has 0 N–H and O–H groups in total. The number of pyridine rings is 1. The van der Waals surface area contributed by atoms with Crippen LogP contribution in [0.2, 0.25) is 0 Å². The molecule has 0 saturated heterocycles. The van der Waals surface area contributed by atoms with Gasteiger partial charge in [0, 0.05) is 36.6 Å². The minimum absolute atomic E-state index is 0.0698. The molecule has 4 heterocycles. The summed E-state index contributed by atoms with van der Waals surface area (Å²) in [6.07, 6.45) is 8.07. The van der Waals surface area contributed by atoms with Crippen LogP contribution in [0, 0.1) is 0 Å². The monoisotopic (exact) mass is 453 g/mol. The van der Waals surface area contributed by atoms with Gasteiger partial charge in [-0.25, -0.2) is 19.2 Å². The highest BCUT2D eigenvalue weighted by atomic mass is 35.5. The Morgan fingerprint density at radius 3 is 2.70 bits per heavy atom. The fourth-order valence-corrected chi connectivity index (χ4v) is 3.52. The Morgan fingerprint density at radius 1 is 1.30 bits per heavy atom. The average molecular weight is 454 g/mol. The molecule has 1 unspecified atom stereocenters. The first-order chi connectivity index (χ1) is 14.1. The molecule has 0 spiro atoms. The summed E-state index contributed by atoms with van der Waals surface area (Å²) < 4.78 is 48.5. The summed E-state index contributed by atoms with van der Waals surface area (Å²) in [5.41, 5.74) is 0.515. The lowest BCUT2D eigenvalue weighted by Crippen LogP contribution is -2.05. The van der Waals surface area contributed by atoms with Gasteiger partial charge in [0.25, 0.3) is 0 Å². The third kappa shape index (κ3) is 3.89. The molecule has 0 fully saturated rings. The normalized spacial score (nSPS) is 13.9. The van der Waals surface area contributed by atoms with Crippen LogP contribution >= 0.6 is 11.6 Å². The van der Waals surface area contributed by atoms with Crippen molar-refractivity contribution in [3.05, 3.63) is 54.8 Å². The second kappa shape index (κ2) is 7.18. The highest BCUT2D eigenvalue weighted by molar-refractivity contribution is 7.93. The molecule has 1 amide bonds. The third-order valence-corrected chi connectivity index (χ3v) is 5.60. The zero-order valence-electron chi connectivity index (χ0n) is 14.9. The standard InChI is InChI=1S/C16H10ClF2N7O3S/c1-30(28,10-5-20-8-21-6-10)25-14(27)11-7-26-3-2-9(4-12(26)22-11)13-23-15(29-24-13)16(17,18)19/h2-8H,1H3. The molecule has 0 aliphatic carbocycles. The number of hydrogen-bond acceptors (Lipinski definition) is 8. The maximum atomic E-state index is 13.1. The number of carbonyl (C=O) groups excluding carboxylic acids is 1. The van der Waals surface area contributed by atoms with Crippen molar-refractivity contribution in [3.8, 4) is 11.4 Å². The fraction of sp³-hybridized carbons (Fsp3) is 0.125. The molecule has 1 atom stereocenters. The Kier molecular flexibility index (Phi) is 4.78. The molecular formula is C16H10ClF2N7O3S. The summed E-state index contributed by atoms with van der Waals surface area (Å²) in [5, 5.41) is -0.330. The van der Waals surface area contributed by atoms with Crippen LogP contribution in [0.3, 0.4) is 0 Å². The quantitative estimate of drug-likeness (QED) is 0.431. The molecule has 4 aromatic rings. The highest BCUT2D eigenvalue weighted by Gasteiger charge is 2.35. The molecule has 0 radical (unpaired) electrons. The lowest BCUT2D eigenvalue weighted by atomic mass is 10.2. The van der Waals surface area contributed by atoms with E-state index in [1.807, 2.05) is 0 Å². The van der Waals surface area contributed by atoms with Crippen molar-refractivity contribution >= 4 is 32.9 Å². The smallest absolute Gasteiger partial charge is 0.331 e. The summed E-state index contributed by atoms with van der Waals surface area (Å²) in [7, 11) is -3.07. The van der Waals surface area contributed by atoms with Gasteiger partial charge >= 0.3 is 17.2 Å².